The van der Waals surface area contributed by atoms with Crippen LogP contribution in [0.15, 0.2) is 36.5 Å². The first-order valence-corrected chi connectivity index (χ1v) is 19.2. The number of nitrogens with one attached hydrogen (secondary N) is 1. The highest BCUT2D eigenvalue weighted by Gasteiger charge is 2.17. The molecule has 2 atom stereocenters. The van der Waals surface area contributed by atoms with Gasteiger partial charge in [0, 0.05) is 6.42 Å². The molecule has 3 N–H and O–H groups in total. The van der Waals surface area contributed by atoms with Gasteiger partial charge in [-0.25, -0.2) is 0 Å². The van der Waals surface area contributed by atoms with E-state index in [0.29, 0.717) is 6.42 Å². The van der Waals surface area contributed by atoms with Crippen molar-refractivity contribution in [2.24, 2.45) is 0 Å². The number of hydrogen-bond acceptors (Lipinski definition) is 3. The number of amides is 1. The Labute approximate surface area is 274 Å². The van der Waals surface area contributed by atoms with E-state index in [2.05, 4.69) is 43.5 Å². The zero-order chi connectivity index (χ0) is 32.2. The molecular weight excluding hydrogens is 542 g/mol. The van der Waals surface area contributed by atoms with Crippen molar-refractivity contribution in [1.82, 2.24) is 5.32 Å². The molecule has 1 amide bonds. The van der Waals surface area contributed by atoms with E-state index in [0.717, 1.165) is 38.5 Å². The molecule has 0 fully saturated rings. The van der Waals surface area contributed by atoms with Crippen LogP contribution in [0.1, 0.15) is 194 Å². The van der Waals surface area contributed by atoms with Crippen LogP contribution in [0.3, 0.4) is 0 Å². The Hall–Kier alpha value is -1.39. The monoisotopic (exact) mass is 618 g/mol. The lowest BCUT2D eigenvalue weighted by molar-refractivity contribution is -0.123. The molecule has 0 aromatic heterocycles. The number of rotatable bonds is 34. The Morgan fingerprint density at radius 1 is 0.523 bits per heavy atom. The maximum Gasteiger partial charge on any atom is 0.220 e. The predicted molar refractivity (Wildman–Crippen MR) is 193 cm³/mol. The van der Waals surface area contributed by atoms with E-state index >= 15 is 0 Å². The molecular formula is C40H75NO3. The van der Waals surface area contributed by atoms with Gasteiger partial charge >= 0.3 is 0 Å². The molecule has 0 aromatic carbocycles. The molecule has 0 heterocycles. The average molecular weight is 618 g/mol. The van der Waals surface area contributed by atoms with Crippen LogP contribution in [0.4, 0.5) is 0 Å². The van der Waals surface area contributed by atoms with Gasteiger partial charge in [0.25, 0.3) is 0 Å². The van der Waals surface area contributed by atoms with Crippen molar-refractivity contribution >= 4 is 5.91 Å². The van der Waals surface area contributed by atoms with Gasteiger partial charge in [0.1, 0.15) is 0 Å². The van der Waals surface area contributed by atoms with Gasteiger partial charge in [-0.05, 0) is 44.9 Å². The number of carbonyl (C=O) groups is 1. The summed E-state index contributed by atoms with van der Waals surface area (Å²) in [5.74, 6) is -0.0796. The van der Waals surface area contributed by atoms with Gasteiger partial charge in [0.05, 0.1) is 18.8 Å². The first-order chi connectivity index (χ1) is 21.7. The summed E-state index contributed by atoms with van der Waals surface area (Å²) in [5.41, 5.74) is 0. The molecule has 4 heteroatoms. The molecule has 0 rings (SSSR count). The maximum absolute atomic E-state index is 12.3. The Morgan fingerprint density at radius 2 is 0.886 bits per heavy atom. The van der Waals surface area contributed by atoms with Crippen molar-refractivity contribution in [2.45, 2.75) is 206 Å². The summed E-state index contributed by atoms with van der Waals surface area (Å²) in [6.07, 6.45) is 46.6. The average Bonchev–Trinajstić information content (AvgIpc) is 3.03. The van der Waals surface area contributed by atoms with Gasteiger partial charge in [-0.3, -0.25) is 4.79 Å². The van der Waals surface area contributed by atoms with Gasteiger partial charge < -0.3 is 15.5 Å². The third-order valence-electron chi connectivity index (χ3n) is 8.60. The first-order valence-electron chi connectivity index (χ1n) is 19.2. The molecule has 0 radical (unpaired) electrons. The molecule has 0 spiro atoms. The minimum atomic E-state index is -0.865. The van der Waals surface area contributed by atoms with Gasteiger partial charge in [-0.2, -0.15) is 0 Å². The van der Waals surface area contributed by atoms with Crippen molar-refractivity contribution in [2.75, 3.05) is 6.61 Å². The summed E-state index contributed by atoms with van der Waals surface area (Å²) in [4.78, 5) is 12.3. The molecule has 2 unspecified atom stereocenters. The fraction of sp³-hybridized carbons (Fsp3) is 0.825. The Morgan fingerprint density at radius 3 is 1.32 bits per heavy atom. The maximum atomic E-state index is 12.3. The molecule has 44 heavy (non-hydrogen) atoms. The van der Waals surface area contributed by atoms with E-state index in [9.17, 15) is 15.0 Å². The van der Waals surface area contributed by atoms with Crippen LogP contribution in [0.5, 0.6) is 0 Å². The molecule has 0 aliphatic carbocycles. The summed E-state index contributed by atoms with van der Waals surface area (Å²) < 4.78 is 0. The fourth-order valence-electron chi connectivity index (χ4n) is 5.62. The van der Waals surface area contributed by atoms with Crippen molar-refractivity contribution in [3.8, 4) is 0 Å². The van der Waals surface area contributed by atoms with Crippen LogP contribution in [-0.4, -0.2) is 34.9 Å². The van der Waals surface area contributed by atoms with Crippen LogP contribution in [0.25, 0.3) is 0 Å². The quantitative estimate of drug-likeness (QED) is 0.0497. The number of aliphatic hydroxyl groups is 2. The van der Waals surface area contributed by atoms with E-state index in [1.807, 2.05) is 6.08 Å². The lowest BCUT2D eigenvalue weighted by Gasteiger charge is -2.19. The number of carbonyl (C=O) groups excluding carboxylic acids is 1. The fourth-order valence-corrected chi connectivity index (χ4v) is 5.62. The summed E-state index contributed by atoms with van der Waals surface area (Å²) in [7, 11) is 0. The minimum Gasteiger partial charge on any atom is -0.394 e. The number of allylic oxidation sites excluding steroid dienone is 5. The minimum absolute atomic E-state index is 0.0796. The molecule has 0 aliphatic heterocycles. The molecule has 4 nitrogen and oxygen atoms in total. The van der Waals surface area contributed by atoms with Gasteiger partial charge in [0.15, 0.2) is 0 Å². The highest BCUT2D eigenvalue weighted by molar-refractivity contribution is 5.76. The number of unbranched alkanes of at least 4 members (excludes halogenated alkanes) is 23. The van der Waals surface area contributed by atoms with Crippen molar-refractivity contribution in [1.29, 1.82) is 0 Å². The zero-order valence-corrected chi connectivity index (χ0v) is 29.4. The molecule has 0 saturated carbocycles. The summed E-state index contributed by atoms with van der Waals surface area (Å²) in [6.45, 7) is 4.28. The van der Waals surface area contributed by atoms with Gasteiger partial charge in [0.2, 0.25) is 5.91 Å². The van der Waals surface area contributed by atoms with Gasteiger partial charge in [-0.1, -0.05) is 179 Å². The van der Waals surface area contributed by atoms with E-state index in [1.54, 1.807) is 6.08 Å². The molecule has 0 bridgehead atoms. The number of hydrogen-bond donors (Lipinski definition) is 3. The lowest BCUT2D eigenvalue weighted by atomic mass is 10.0. The second-order valence-corrected chi connectivity index (χ2v) is 13.0. The van der Waals surface area contributed by atoms with Crippen LogP contribution < -0.4 is 5.32 Å². The Kier molecular flexibility index (Phi) is 34.9. The van der Waals surface area contributed by atoms with Crippen molar-refractivity contribution in [3.63, 3.8) is 0 Å². The molecule has 0 saturated heterocycles. The van der Waals surface area contributed by atoms with Crippen LogP contribution in [-0.2, 0) is 4.79 Å². The van der Waals surface area contributed by atoms with E-state index in [1.165, 1.54) is 135 Å². The van der Waals surface area contributed by atoms with Crippen LogP contribution in [0, 0.1) is 0 Å². The summed E-state index contributed by atoms with van der Waals surface area (Å²) in [6, 6.07) is -0.640. The normalized spacial score (nSPS) is 13.5. The molecule has 0 aromatic rings. The first kappa shape index (κ1) is 42.6. The highest BCUT2D eigenvalue weighted by atomic mass is 16.3. The number of aliphatic hydroxyl groups excluding tert-OH is 2. The van der Waals surface area contributed by atoms with E-state index < -0.39 is 12.1 Å². The SMILES string of the molecule is CCCCCCCCCCCC/C=C/CC/C=C/CC/C=C/C(O)C(CO)NC(=O)CCCCCCCCCCCCCC. The topological polar surface area (TPSA) is 69.6 Å². The zero-order valence-electron chi connectivity index (χ0n) is 29.4. The van der Waals surface area contributed by atoms with Crippen LogP contribution >= 0.6 is 0 Å². The Balaban J connectivity index is 3.68. The predicted octanol–water partition coefficient (Wildman–Crippen LogP) is 11.5. The largest absolute Gasteiger partial charge is 0.394 e. The van der Waals surface area contributed by atoms with E-state index in [4.69, 9.17) is 0 Å². The third-order valence-corrected chi connectivity index (χ3v) is 8.60. The van der Waals surface area contributed by atoms with Gasteiger partial charge in [-0.15, -0.1) is 0 Å². The standard InChI is InChI=1S/C40H75NO3/c1-3-5-7-9-11-13-15-17-18-19-20-21-22-23-24-25-27-29-31-33-35-39(43)38(37-42)41-40(44)36-34-32-30-28-26-16-14-12-10-8-6-4-2/h21-22,25,27,33,35,38-39,42-43H,3-20,23-24,26,28-32,34,36-37H2,1-2H3,(H,41,44)/b22-21+,27-25+,35-33+. The van der Waals surface area contributed by atoms with E-state index in [-0.39, 0.29) is 12.5 Å². The Bertz CT molecular complexity index is 672. The lowest BCUT2D eigenvalue weighted by Crippen LogP contribution is -2.45. The summed E-state index contributed by atoms with van der Waals surface area (Å²) in [5, 5.41) is 22.9. The highest BCUT2D eigenvalue weighted by Crippen LogP contribution is 2.13. The second-order valence-electron chi connectivity index (χ2n) is 13.0. The van der Waals surface area contributed by atoms with Crippen molar-refractivity contribution in [3.05, 3.63) is 36.5 Å². The summed E-state index contributed by atoms with van der Waals surface area (Å²) >= 11 is 0. The molecule has 258 valence electrons. The third kappa shape index (κ3) is 32.0. The smallest absolute Gasteiger partial charge is 0.220 e. The molecule has 0 aliphatic rings. The van der Waals surface area contributed by atoms with Crippen LogP contribution in [0.2, 0.25) is 0 Å². The van der Waals surface area contributed by atoms with Crippen molar-refractivity contribution < 1.29 is 15.0 Å². The second kappa shape index (κ2) is 36.1.